The van der Waals surface area contributed by atoms with E-state index in [1.807, 2.05) is 0 Å². The van der Waals surface area contributed by atoms with Gasteiger partial charge in [0.15, 0.2) is 0 Å². The van der Waals surface area contributed by atoms with Crippen LogP contribution in [0.1, 0.15) is 17.8 Å². The average molecular weight is 339 g/mol. The van der Waals surface area contributed by atoms with Crippen molar-refractivity contribution in [1.82, 2.24) is 9.78 Å². The van der Waals surface area contributed by atoms with Crippen LogP contribution in [-0.2, 0) is 11.3 Å². The highest BCUT2D eigenvalue weighted by Gasteiger charge is 2.21. The normalized spacial score (nSPS) is 10.6. The summed E-state index contributed by atoms with van der Waals surface area (Å²) in [4.78, 5) is 22.4. The minimum atomic E-state index is -0.486. The molecule has 0 unspecified atom stereocenters. The molecule has 0 saturated heterocycles. The van der Waals surface area contributed by atoms with E-state index in [1.54, 1.807) is 19.9 Å². The van der Waals surface area contributed by atoms with Crippen molar-refractivity contribution in [3.8, 4) is 5.75 Å². The zero-order valence-electron chi connectivity index (χ0n) is 12.5. The van der Waals surface area contributed by atoms with E-state index in [2.05, 4.69) is 10.4 Å². The lowest BCUT2D eigenvalue weighted by Crippen LogP contribution is -2.15. The van der Waals surface area contributed by atoms with Gasteiger partial charge in [-0.2, -0.15) is 5.10 Å². The summed E-state index contributed by atoms with van der Waals surface area (Å²) in [6, 6.07) is 4.35. The van der Waals surface area contributed by atoms with E-state index in [0.29, 0.717) is 16.4 Å². The predicted molar refractivity (Wildman–Crippen MR) is 84.7 cm³/mol. The second kappa shape index (κ2) is 6.66. The minimum Gasteiger partial charge on any atom is -0.506 e. The fourth-order valence-corrected chi connectivity index (χ4v) is 2.37. The number of nitrogens with one attached hydrogen (secondary N) is 1. The molecule has 9 heteroatoms. The lowest BCUT2D eigenvalue weighted by atomic mass is 10.2. The van der Waals surface area contributed by atoms with Gasteiger partial charge in [0.1, 0.15) is 17.1 Å². The van der Waals surface area contributed by atoms with E-state index in [0.717, 1.165) is 0 Å². The van der Waals surface area contributed by atoms with Crippen molar-refractivity contribution in [3.63, 3.8) is 0 Å². The van der Waals surface area contributed by atoms with Gasteiger partial charge in [-0.1, -0.05) is 11.6 Å². The number of nitro groups is 1. The third-order valence-electron chi connectivity index (χ3n) is 3.31. The van der Waals surface area contributed by atoms with E-state index in [1.165, 1.54) is 16.8 Å². The Morgan fingerprint density at radius 2 is 2.17 bits per heavy atom. The van der Waals surface area contributed by atoms with Gasteiger partial charge in [-0.05, 0) is 26.0 Å². The summed E-state index contributed by atoms with van der Waals surface area (Å²) in [6.45, 7) is 3.33. The number of phenols is 1. The molecule has 1 amide bonds. The van der Waals surface area contributed by atoms with Crippen LogP contribution in [-0.4, -0.2) is 25.7 Å². The zero-order chi connectivity index (χ0) is 17.1. The maximum atomic E-state index is 11.9. The number of nitrogens with zero attached hydrogens (tertiary/aromatic N) is 3. The molecule has 1 aromatic heterocycles. The Hall–Kier alpha value is -2.61. The van der Waals surface area contributed by atoms with Gasteiger partial charge in [-0.3, -0.25) is 19.6 Å². The van der Waals surface area contributed by atoms with Gasteiger partial charge in [-0.15, -0.1) is 0 Å². The molecule has 0 aliphatic heterocycles. The number of carbonyl (C=O) groups is 1. The number of aromatic nitrogens is 2. The van der Waals surface area contributed by atoms with Crippen LogP contribution in [0.15, 0.2) is 18.2 Å². The molecule has 0 bridgehead atoms. The summed E-state index contributed by atoms with van der Waals surface area (Å²) in [5.41, 5.74) is 0.914. The van der Waals surface area contributed by atoms with E-state index in [9.17, 15) is 20.0 Å². The van der Waals surface area contributed by atoms with Gasteiger partial charge in [0.25, 0.3) is 0 Å². The Labute approximate surface area is 136 Å². The highest BCUT2D eigenvalue weighted by atomic mass is 35.5. The molecule has 2 aromatic rings. The van der Waals surface area contributed by atoms with Crippen LogP contribution in [0, 0.1) is 24.0 Å². The van der Waals surface area contributed by atoms with Crippen LogP contribution >= 0.6 is 11.6 Å². The van der Waals surface area contributed by atoms with Crippen molar-refractivity contribution in [3.05, 3.63) is 44.7 Å². The Bertz CT molecular complexity index is 772. The Morgan fingerprint density at radius 1 is 1.48 bits per heavy atom. The van der Waals surface area contributed by atoms with Crippen molar-refractivity contribution in [2.24, 2.45) is 0 Å². The number of halogens is 1. The summed E-state index contributed by atoms with van der Waals surface area (Å²) >= 11 is 5.72. The third-order valence-corrected chi connectivity index (χ3v) is 3.55. The number of anilines is 1. The molecular weight excluding hydrogens is 324 g/mol. The first-order valence-corrected chi connectivity index (χ1v) is 7.14. The molecule has 0 saturated carbocycles. The van der Waals surface area contributed by atoms with E-state index >= 15 is 0 Å². The molecule has 122 valence electrons. The second-order valence-corrected chi connectivity index (χ2v) is 5.40. The molecule has 1 aromatic carbocycles. The number of amides is 1. The van der Waals surface area contributed by atoms with Crippen LogP contribution in [0.3, 0.4) is 0 Å². The number of aryl methyl sites for hydroxylation is 2. The fourth-order valence-electron chi connectivity index (χ4n) is 2.20. The molecule has 23 heavy (non-hydrogen) atoms. The summed E-state index contributed by atoms with van der Waals surface area (Å²) < 4.78 is 1.43. The second-order valence-electron chi connectivity index (χ2n) is 4.96. The predicted octanol–water partition coefficient (Wildman–Crippen LogP) is 2.80. The Morgan fingerprint density at radius 3 is 2.74 bits per heavy atom. The Kier molecular flexibility index (Phi) is 4.85. The van der Waals surface area contributed by atoms with Crippen LogP contribution < -0.4 is 5.32 Å². The van der Waals surface area contributed by atoms with Gasteiger partial charge >= 0.3 is 5.69 Å². The van der Waals surface area contributed by atoms with Gasteiger partial charge in [0, 0.05) is 17.5 Å². The zero-order valence-corrected chi connectivity index (χ0v) is 13.3. The number of aromatic hydroxyl groups is 1. The summed E-state index contributed by atoms with van der Waals surface area (Å²) in [7, 11) is 0. The van der Waals surface area contributed by atoms with E-state index in [4.69, 9.17) is 11.6 Å². The largest absolute Gasteiger partial charge is 0.506 e. The van der Waals surface area contributed by atoms with Crippen molar-refractivity contribution in [2.75, 3.05) is 5.32 Å². The first-order valence-electron chi connectivity index (χ1n) is 6.76. The molecule has 2 N–H and O–H groups in total. The Balaban J connectivity index is 2.02. The minimum absolute atomic E-state index is 0.0410. The van der Waals surface area contributed by atoms with Crippen LogP contribution in [0.25, 0.3) is 0 Å². The molecular formula is C14H15ClN4O4. The first-order chi connectivity index (χ1) is 10.8. The maximum Gasteiger partial charge on any atom is 0.312 e. The quantitative estimate of drug-likeness (QED) is 0.494. The topological polar surface area (TPSA) is 110 Å². The number of carbonyl (C=O) groups excluding carboxylic acids is 1. The van der Waals surface area contributed by atoms with Crippen molar-refractivity contribution < 1.29 is 14.8 Å². The smallest absolute Gasteiger partial charge is 0.312 e. The third kappa shape index (κ3) is 3.78. The SMILES string of the molecule is Cc1nn(CCC(=O)Nc2ccc(Cl)cc2O)c(C)c1[N+](=O)[O-]. The number of hydrogen-bond donors (Lipinski definition) is 2. The highest BCUT2D eigenvalue weighted by molar-refractivity contribution is 6.30. The van der Waals surface area contributed by atoms with Crippen LogP contribution in [0.2, 0.25) is 5.02 Å². The van der Waals surface area contributed by atoms with E-state index in [-0.39, 0.29) is 36.0 Å². The summed E-state index contributed by atoms with van der Waals surface area (Å²) in [5.74, 6) is -0.481. The molecule has 0 fully saturated rings. The molecule has 0 atom stereocenters. The molecule has 0 spiro atoms. The number of phenolic OH excluding ortho intramolecular Hbond substituents is 1. The summed E-state index contributed by atoms with van der Waals surface area (Å²) in [5, 5.41) is 27.6. The monoisotopic (exact) mass is 338 g/mol. The highest BCUT2D eigenvalue weighted by Crippen LogP contribution is 2.27. The number of benzene rings is 1. The molecule has 0 aliphatic rings. The molecule has 8 nitrogen and oxygen atoms in total. The van der Waals surface area contributed by atoms with Crippen molar-refractivity contribution in [1.29, 1.82) is 0 Å². The number of rotatable bonds is 5. The van der Waals surface area contributed by atoms with Crippen molar-refractivity contribution >= 4 is 28.9 Å². The lowest BCUT2D eigenvalue weighted by molar-refractivity contribution is -0.386. The fraction of sp³-hybridized carbons (Fsp3) is 0.286. The molecule has 2 rings (SSSR count). The molecule has 0 radical (unpaired) electrons. The lowest BCUT2D eigenvalue weighted by Gasteiger charge is -2.08. The van der Waals surface area contributed by atoms with E-state index < -0.39 is 4.92 Å². The van der Waals surface area contributed by atoms with Crippen molar-refractivity contribution in [2.45, 2.75) is 26.8 Å². The van der Waals surface area contributed by atoms with Crippen LogP contribution in [0.4, 0.5) is 11.4 Å². The summed E-state index contributed by atoms with van der Waals surface area (Å²) in [6.07, 6.45) is 0.0567. The van der Waals surface area contributed by atoms with Gasteiger partial charge in [0.05, 0.1) is 17.2 Å². The average Bonchev–Trinajstić information content (AvgIpc) is 2.74. The number of hydrogen-bond acceptors (Lipinski definition) is 5. The maximum absolute atomic E-state index is 11.9. The van der Waals surface area contributed by atoms with Gasteiger partial charge in [0.2, 0.25) is 5.91 Å². The molecule has 0 aliphatic carbocycles. The van der Waals surface area contributed by atoms with Gasteiger partial charge < -0.3 is 10.4 Å². The standard InChI is InChI=1S/C14H15ClN4O4/c1-8-14(19(22)23)9(2)18(17-8)6-5-13(21)16-11-4-3-10(15)7-12(11)20/h3-4,7,20H,5-6H2,1-2H3,(H,16,21). The van der Waals surface area contributed by atoms with Crippen LogP contribution in [0.5, 0.6) is 5.75 Å². The first kappa shape index (κ1) is 16.8. The van der Waals surface area contributed by atoms with Gasteiger partial charge in [-0.25, -0.2) is 0 Å². The molecule has 1 heterocycles.